The fraction of sp³-hybridized carbons (Fsp3) is 0.556. The van der Waals surface area contributed by atoms with Gasteiger partial charge in [-0.1, -0.05) is 18.0 Å². The van der Waals surface area contributed by atoms with Gasteiger partial charge in [0.2, 0.25) is 11.9 Å². The number of guanidine groups is 1. The Balaban J connectivity index is 2.56. The van der Waals surface area contributed by atoms with Crippen molar-refractivity contribution >= 4 is 53.2 Å². The number of carbonyl (C=O) groups excluding carboxylic acids is 4. The van der Waals surface area contributed by atoms with Crippen molar-refractivity contribution in [2.75, 3.05) is 18.4 Å². The molecule has 1 aromatic rings. The van der Waals surface area contributed by atoms with Crippen LogP contribution in [0.15, 0.2) is 23.2 Å². The Morgan fingerprint density at radius 2 is 1.54 bits per heavy atom. The number of amides is 4. The predicted octanol–water partition coefficient (Wildman–Crippen LogP) is 4.45. The molecule has 14 heteroatoms. The minimum atomic E-state index is -1.04. The van der Waals surface area contributed by atoms with Crippen LogP contribution in [0.2, 0.25) is 5.02 Å². The summed E-state index contributed by atoms with van der Waals surface area (Å²) < 4.78 is 10.4. The molecule has 0 aliphatic heterocycles. The van der Waals surface area contributed by atoms with Crippen LogP contribution in [-0.4, -0.2) is 65.3 Å². The standard InChI is InChI=1S/C27H40ClN5O8/c1-26(2,3)40-24(38)32-23(33-25(39)41-27(4,5)6)30-14-9-7-8-10-20(34)31-17-11-12-19(28)18(16-17)22(37)29-15-13-21(35)36/h11-12,16H,7-10,13-15H2,1-6H3,(H,29,37)(H,31,34)(H,35,36)(H2,30,32,33,38,39). The van der Waals surface area contributed by atoms with Gasteiger partial charge in [-0.15, -0.1) is 4.99 Å². The summed E-state index contributed by atoms with van der Waals surface area (Å²) in [6.07, 6.45) is 0.0955. The summed E-state index contributed by atoms with van der Waals surface area (Å²) in [5.74, 6) is -1.97. The summed E-state index contributed by atoms with van der Waals surface area (Å²) in [4.78, 5) is 63.3. The van der Waals surface area contributed by atoms with Crippen LogP contribution in [0, 0.1) is 0 Å². The number of rotatable bonds is 11. The molecule has 4 amide bonds. The molecule has 0 aromatic heterocycles. The van der Waals surface area contributed by atoms with Crippen molar-refractivity contribution in [3.8, 4) is 0 Å². The van der Waals surface area contributed by atoms with Crippen LogP contribution in [0.4, 0.5) is 15.3 Å². The topological polar surface area (TPSA) is 185 Å². The SMILES string of the molecule is CC(C)(C)OC(=O)N=C(NCCCCCC(=O)Nc1ccc(Cl)c(C(=O)NCCC(=O)O)c1)NC(=O)OC(C)(C)C. The van der Waals surface area contributed by atoms with Crippen LogP contribution in [0.1, 0.15) is 84.0 Å². The first kappa shape index (κ1) is 35.2. The molecule has 0 heterocycles. The van der Waals surface area contributed by atoms with Crippen molar-refractivity contribution in [1.82, 2.24) is 16.0 Å². The fourth-order valence-corrected chi connectivity index (χ4v) is 3.26. The van der Waals surface area contributed by atoms with Gasteiger partial charge in [-0.3, -0.25) is 19.7 Å². The van der Waals surface area contributed by atoms with E-state index in [0.717, 1.165) is 0 Å². The second kappa shape index (κ2) is 16.4. The molecule has 0 radical (unpaired) electrons. The van der Waals surface area contributed by atoms with Crippen LogP contribution in [0.25, 0.3) is 0 Å². The molecule has 1 aromatic carbocycles. The molecule has 41 heavy (non-hydrogen) atoms. The lowest BCUT2D eigenvalue weighted by molar-refractivity contribution is -0.136. The van der Waals surface area contributed by atoms with E-state index in [-0.39, 0.29) is 41.8 Å². The van der Waals surface area contributed by atoms with E-state index in [1.165, 1.54) is 12.1 Å². The van der Waals surface area contributed by atoms with Gasteiger partial charge < -0.3 is 30.5 Å². The molecule has 0 saturated heterocycles. The number of nitrogens with one attached hydrogen (secondary N) is 4. The zero-order valence-electron chi connectivity index (χ0n) is 24.3. The highest BCUT2D eigenvalue weighted by Gasteiger charge is 2.20. The van der Waals surface area contributed by atoms with Gasteiger partial charge in [0.05, 0.1) is 17.0 Å². The molecule has 0 aliphatic carbocycles. The highest BCUT2D eigenvalue weighted by molar-refractivity contribution is 6.34. The summed E-state index contributed by atoms with van der Waals surface area (Å²) in [5, 5.41) is 19.3. The van der Waals surface area contributed by atoms with Crippen LogP contribution >= 0.6 is 11.6 Å². The van der Waals surface area contributed by atoms with E-state index in [9.17, 15) is 24.0 Å². The van der Waals surface area contributed by atoms with Crippen molar-refractivity contribution in [3.05, 3.63) is 28.8 Å². The average Bonchev–Trinajstić information content (AvgIpc) is 2.79. The van der Waals surface area contributed by atoms with Gasteiger partial charge in [-0.05, 0) is 72.6 Å². The number of nitrogens with zero attached hydrogens (tertiary/aromatic N) is 1. The number of benzene rings is 1. The normalized spacial score (nSPS) is 11.7. The molecule has 1 rings (SSSR count). The third-order valence-electron chi connectivity index (χ3n) is 4.71. The number of carboxylic acid groups (broad SMARTS) is 1. The summed E-state index contributed by atoms with van der Waals surface area (Å²) in [6.45, 7) is 10.5. The van der Waals surface area contributed by atoms with Gasteiger partial charge in [0.15, 0.2) is 0 Å². The molecule has 13 nitrogen and oxygen atoms in total. The van der Waals surface area contributed by atoms with Crippen LogP contribution in [0.3, 0.4) is 0 Å². The number of carboxylic acids is 1. The van der Waals surface area contributed by atoms with E-state index in [2.05, 4.69) is 26.3 Å². The molecule has 0 fully saturated rings. The van der Waals surface area contributed by atoms with Gasteiger partial charge in [0.25, 0.3) is 5.91 Å². The predicted molar refractivity (Wildman–Crippen MR) is 154 cm³/mol. The lowest BCUT2D eigenvalue weighted by atomic mass is 10.1. The van der Waals surface area contributed by atoms with Crippen molar-refractivity contribution in [2.45, 2.75) is 84.8 Å². The molecule has 0 bridgehead atoms. The van der Waals surface area contributed by atoms with Crippen molar-refractivity contribution in [1.29, 1.82) is 0 Å². The highest BCUT2D eigenvalue weighted by Crippen LogP contribution is 2.21. The number of alkyl carbamates (subject to hydrolysis) is 1. The van der Waals surface area contributed by atoms with Crippen LogP contribution in [0.5, 0.6) is 0 Å². The lowest BCUT2D eigenvalue weighted by Gasteiger charge is -2.21. The first-order valence-corrected chi connectivity index (χ1v) is 13.5. The van der Waals surface area contributed by atoms with Crippen molar-refractivity contribution < 1.29 is 38.6 Å². The number of hydrogen-bond donors (Lipinski definition) is 5. The van der Waals surface area contributed by atoms with Crippen molar-refractivity contribution in [3.63, 3.8) is 0 Å². The maximum absolute atomic E-state index is 12.4. The monoisotopic (exact) mass is 597 g/mol. The number of aliphatic imine (C=N–C) groups is 1. The smallest absolute Gasteiger partial charge is 0.437 e. The second-order valence-electron chi connectivity index (χ2n) is 10.9. The largest absolute Gasteiger partial charge is 0.481 e. The maximum Gasteiger partial charge on any atom is 0.437 e. The molecule has 5 N–H and O–H groups in total. The number of anilines is 1. The van der Waals surface area contributed by atoms with Gasteiger partial charge in [0, 0.05) is 25.2 Å². The van der Waals surface area contributed by atoms with E-state index in [1.807, 2.05) is 0 Å². The van der Waals surface area contributed by atoms with Crippen LogP contribution < -0.4 is 21.3 Å². The first-order chi connectivity index (χ1) is 18.9. The molecule has 228 valence electrons. The fourth-order valence-electron chi connectivity index (χ4n) is 3.06. The van der Waals surface area contributed by atoms with E-state index in [1.54, 1.807) is 47.6 Å². The molecular formula is C27H40ClN5O8. The Morgan fingerprint density at radius 1 is 0.878 bits per heavy atom. The molecule has 0 spiro atoms. The summed E-state index contributed by atoms with van der Waals surface area (Å²) in [5.41, 5.74) is -1.02. The number of aliphatic carboxylic acids is 1. The minimum Gasteiger partial charge on any atom is -0.481 e. The Hall–Kier alpha value is -3.87. The molecular weight excluding hydrogens is 558 g/mol. The zero-order chi connectivity index (χ0) is 31.2. The van der Waals surface area contributed by atoms with E-state index < -0.39 is 35.3 Å². The first-order valence-electron chi connectivity index (χ1n) is 13.1. The van der Waals surface area contributed by atoms with Crippen LogP contribution in [-0.2, 0) is 19.1 Å². The summed E-state index contributed by atoms with van der Waals surface area (Å²) in [6, 6.07) is 4.45. The van der Waals surface area contributed by atoms with Gasteiger partial charge in [-0.2, -0.15) is 0 Å². The number of hydrogen-bond acceptors (Lipinski definition) is 7. The summed E-state index contributed by atoms with van der Waals surface area (Å²) >= 11 is 6.08. The van der Waals surface area contributed by atoms with Gasteiger partial charge in [0.1, 0.15) is 11.2 Å². The molecule has 0 atom stereocenters. The van der Waals surface area contributed by atoms with Gasteiger partial charge in [-0.25, -0.2) is 9.59 Å². The Labute approximate surface area is 244 Å². The molecule has 0 saturated carbocycles. The number of unbranched alkanes of at least 4 members (excludes halogenated alkanes) is 2. The van der Waals surface area contributed by atoms with E-state index >= 15 is 0 Å². The number of halogens is 1. The quantitative estimate of drug-likeness (QED) is 0.140. The highest BCUT2D eigenvalue weighted by atomic mass is 35.5. The number of ether oxygens (including phenoxy) is 2. The Bertz CT molecular complexity index is 1130. The van der Waals surface area contributed by atoms with Gasteiger partial charge >= 0.3 is 18.2 Å². The van der Waals surface area contributed by atoms with Crippen molar-refractivity contribution in [2.24, 2.45) is 4.99 Å². The molecule has 0 aliphatic rings. The Kier molecular flexibility index (Phi) is 14.1. The maximum atomic E-state index is 12.4. The lowest BCUT2D eigenvalue weighted by Crippen LogP contribution is -2.44. The second-order valence-corrected chi connectivity index (χ2v) is 11.4. The number of carbonyl (C=O) groups is 5. The molecule has 0 unspecified atom stereocenters. The summed E-state index contributed by atoms with van der Waals surface area (Å²) in [7, 11) is 0. The zero-order valence-corrected chi connectivity index (χ0v) is 25.1. The third kappa shape index (κ3) is 16.7. The Morgan fingerprint density at radius 3 is 2.15 bits per heavy atom. The third-order valence-corrected chi connectivity index (χ3v) is 5.04. The van der Waals surface area contributed by atoms with E-state index in [0.29, 0.717) is 31.5 Å². The average molecular weight is 598 g/mol. The minimum absolute atomic E-state index is 0.0542. The van der Waals surface area contributed by atoms with E-state index in [4.69, 9.17) is 26.2 Å².